The zero-order valence-electron chi connectivity index (χ0n) is 18.6. The number of rotatable bonds is 6. The van der Waals surface area contributed by atoms with Crippen molar-refractivity contribution in [3.05, 3.63) is 69.2 Å². The van der Waals surface area contributed by atoms with Gasteiger partial charge in [0.05, 0.1) is 17.7 Å². The molecule has 0 radical (unpaired) electrons. The lowest BCUT2D eigenvalue weighted by Gasteiger charge is -2.32. The molecule has 0 aliphatic carbocycles. The van der Waals surface area contributed by atoms with Crippen LogP contribution < -0.4 is 5.32 Å². The van der Waals surface area contributed by atoms with E-state index in [2.05, 4.69) is 38.2 Å². The third-order valence-electron chi connectivity index (χ3n) is 6.09. The van der Waals surface area contributed by atoms with Crippen LogP contribution >= 0.6 is 11.6 Å². The predicted molar refractivity (Wildman–Crippen MR) is 126 cm³/mol. The van der Waals surface area contributed by atoms with E-state index >= 15 is 0 Å². The number of amides is 1. The molecule has 1 fully saturated rings. The largest absolute Gasteiger partial charge is 0.349 e. The van der Waals surface area contributed by atoms with Crippen LogP contribution in [0.2, 0.25) is 5.02 Å². The number of sulfonamides is 1. The molecule has 1 heterocycles. The van der Waals surface area contributed by atoms with Crippen LogP contribution in [0.3, 0.4) is 0 Å². The Balaban J connectivity index is 1.67. The average molecular weight is 463 g/mol. The van der Waals surface area contributed by atoms with Crippen molar-refractivity contribution < 1.29 is 13.2 Å². The number of nitrogens with zero attached hydrogens (tertiary/aromatic N) is 1. The zero-order valence-corrected chi connectivity index (χ0v) is 20.2. The highest BCUT2D eigenvalue weighted by molar-refractivity contribution is 7.88. The van der Waals surface area contributed by atoms with E-state index in [1.807, 2.05) is 6.92 Å². The van der Waals surface area contributed by atoms with Crippen molar-refractivity contribution in [3.63, 3.8) is 0 Å². The van der Waals surface area contributed by atoms with Gasteiger partial charge in [-0.1, -0.05) is 35.9 Å². The fourth-order valence-electron chi connectivity index (χ4n) is 4.20. The number of aryl methyl sites for hydroxylation is 3. The van der Waals surface area contributed by atoms with Gasteiger partial charge in [-0.25, -0.2) is 12.7 Å². The van der Waals surface area contributed by atoms with Crippen molar-refractivity contribution in [3.8, 4) is 0 Å². The standard InChI is InChI=1S/C24H31ClN2O3S/c1-16-11-18(3)23(12-17(16)2)19(4)26-24(28)21-8-6-10-27(14-21)31(29,30)15-20-7-5-9-22(25)13-20/h5,7,9,11-13,19,21H,6,8,10,14-15H2,1-4H3,(H,26,28). The van der Waals surface area contributed by atoms with Gasteiger partial charge in [-0.15, -0.1) is 0 Å². The summed E-state index contributed by atoms with van der Waals surface area (Å²) in [6.45, 7) is 8.83. The lowest BCUT2D eigenvalue weighted by Crippen LogP contribution is -2.46. The summed E-state index contributed by atoms with van der Waals surface area (Å²) in [4.78, 5) is 13.0. The van der Waals surface area contributed by atoms with Crippen molar-refractivity contribution in [1.29, 1.82) is 0 Å². The molecule has 0 spiro atoms. The Bertz CT molecular complexity index is 1070. The van der Waals surface area contributed by atoms with E-state index in [0.29, 0.717) is 30.0 Å². The summed E-state index contributed by atoms with van der Waals surface area (Å²) in [5.74, 6) is -0.551. The van der Waals surface area contributed by atoms with E-state index < -0.39 is 10.0 Å². The molecule has 1 N–H and O–H groups in total. The van der Waals surface area contributed by atoms with Gasteiger partial charge in [-0.2, -0.15) is 0 Å². The van der Waals surface area contributed by atoms with Gasteiger partial charge in [0, 0.05) is 18.1 Å². The number of carbonyl (C=O) groups is 1. The predicted octanol–water partition coefficient (Wildman–Crippen LogP) is 4.68. The summed E-state index contributed by atoms with van der Waals surface area (Å²) in [5, 5.41) is 3.62. The molecule has 7 heteroatoms. The molecular weight excluding hydrogens is 432 g/mol. The maximum atomic E-state index is 13.0. The Morgan fingerprint density at radius 1 is 1.16 bits per heavy atom. The molecule has 168 valence electrons. The van der Waals surface area contributed by atoms with Gasteiger partial charge in [-0.3, -0.25) is 4.79 Å². The minimum atomic E-state index is -3.52. The smallest absolute Gasteiger partial charge is 0.224 e. The second-order valence-corrected chi connectivity index (χ2v) is 11.0. The molecular formula is C24H31ClN2O3S. The molecule has 1 aliphatic rings. The molecule has 1 aliphatic heterocycles. The number of hydrogen-bond acceptors (Lipinski definition) is 3. The number of nitrogens with one attached hydrogen (secondary N) is 1. The molecule has 0 aromatic heterocycles. The van der Waals surface area contributed by atoms with Crippen LogP contribution in [0, 0.1) is 26.7 Å². The molecule has 2 unspecified atom stereocenters. The topological polar surface area (TPSA) is 66.5 Å². The molecule has 0 saturated carbocycles. The normalized spacial score (nSPS) is 18.5. The van der Waals surface area contributed by atoms with Crippen LogP contribution in [0.25, 0.3) is 0 Å². The first-order valence-corrected chi connectivity index (χ1v) is 12.7. The highest BCUT2D eigenvalue weighted by Crippen LogP contribution is 2.25. The monoisotopic (exact) mass is 462 g/mol. The summed E-state index contributed by atoms with van der Waals surface area (Å²) in [6.07, 6.45) is 1.36. The van der Waals surface area contributed by atoms with Crippen LogP contribution in [0.15, 0.2) is 36.4 Å². The molecule has 5 nitrogen and oxygen atoms in total. The van der Waals surface area contributed by atoms with Crippen molar-refractivity contribution >= 4 is 27.5 Å². The maximum Gasteiger partial charge on any atom is 0.224 e. The molecule has 2 aromatic carbocycles. The zero-order chi connectivity index (χ0) is 22.8. The lowest BCUT2D eigenvalue weighted by molar-refractivity contribution is -0.126. The second-order valence-electron chi connectivity index (χ2n) is 8.61. The van der Waals surface area contributed by atoms with Crippen LogP contribution in [0.1, 0.15) is 53.6 Å². The van der Waals surface area contributed by atoms with Crippen LogP contribution in [0.4, 0.5) is 0 Å². The van der Waals surface area contributed by atoms with Crippen molar-refractivity contribution in [2.24, 2.45) is 5.92 Å². The van der Waals surface area contributed by atoms with E-state index in [1.54, 1.807) is 24.3 Å². The van der Waals surface area contributed by atoms with Crippen molar-refractivity contribution in [2.45, 2.75) is 52.3 Å². The van der Waals surface area contributed by atoms with Crippen molar-refractivity contribution in [2.75, 3.05) is 13.1 Å². The quantitative estimate of drug-likeness (QED) is 0.677. The fraction of sp³-hybridized carbons (Fsp3) is 0.458. The molecule has 1 saturated heterocycles. The van der Waals surface area contributed by atoms with Crippen LogP contribution in [-0.2, 0) is 20.6 Å². The number of halogens is 1. The van der Waals surface area contributed by atoms with Gasteiger partial charge in [0.2, 0.25) is 15.9 Å². The summed E-state index contributed by atoms with van der Waals surface area (Å²) in [7, 11) is -3.52. The average Bonchev–Trinajstić information content (AvgIpc) is 2.70. The lowest BCUT2D eigenvalue weighted by atomic mass is 9.95. The third-order valence-corrected chi connectivity index (χ3v) is 8.15. The minimum absolute atomic E-state index is 0.0900. The van der Waals surface area contributed by atoms with Gasteiger partial charge >= 0.3 is 0 Å². The number of carbonyl (C=O) groups excluding carboxylic acids is 1. The number of hydrogen-bond donors (Lipinski definition) is 1. The van der Waals surface area contributed by atoms with Gasteiger partial charge in [0.1, 0.15) is 0 Å². The minimum Gasteiger partial charge on any atom is -0.349 e. The van der Waals surface area contributed by atoms with Gasteiger partial charge in [0.25, 0.3) is 0 Å². The summed E-state index contributed by atoms with van der Waals surface area (Å²) in [5.41, 5.74) is 5.31. The Morgan fingerprint density at radius 2 is 1.87 bits per heavy atom. The summed E-state index contributed by atoms with van der Waals surface area (Å²) >= 11 is 5.99. The number of piperidine rings is 1. The van der Waals surface area contributed by atoms with Gasteiger partial charge in [0.15, 0.2) is 0 Å². The summed E-state index contributed by atoms with van der Waals surface area (Å²) in [6, 6.07) is 11.0. The molecule has 2 aromatic rings. The van der Waals surface area contributed by atoms with E-state index in [0.717, 1.165) is 11.1 Å². The van der Waals surface area contributed by atoms with Gasteiger partial charge in [-0.05, 0) is 80.5 Å². The van der Waals surface area contributed by atoms with Crippen molar-refractivity contribution in [1.82, 2.24) is 9.62 Å². The Labute approximate surface area is 190 Å². The van der Waals surface area contributed by atoms with Crippen LogP contribution in [0.5, 0.6) is 0 Å². The SMILES string of the molecule is Cc1cc(C)c(C(C)NC(=O)C2CCCN(S(=O)(=O)Cc3cccc(Cl)c3)C2)cc1C. The Kier molecular flexibility index (Phi) is 7.45. The molecule has 2 atom stereocenters. The highest BCUT2D eigenvalue weighted by atomic mass is 35.5. The van der Waals surface area contributed by atoms with Crippen LogP contribution in [-0.4, -0.2) is 31.7 Å². The highest BCUT2D eigenvalue weighted by Gasteiger charge is 2.33. The van der Waals surface area contributed by atoms with E-state index in [9.17, 15) is 13.2 Å². The Morgan fingerprint density at radius 3 is 2.58 bits per heavy atom. The molecule has 31 heavy (non-hydrogen) atoms. The Hall–Kier alpha value is -1.89. The molecule has 1 amide bonds. The van der Waals surface area contributed by atoms with E-state index in [-0.39, 0.29) is 30.2 Å². The first-order chi connectivity index (χ1) is 14.6. The maximum absolute atomic E-state index is 13.0. The summed E-state index contributed by atoms with van der Waals surface area (Å²) < 4.78 is 27.3. The fourth-order valence-corrected chi connectivity index (χ4v) is 6.01. The number of benzene rings is 2. The van der Waals surface area contributed by atoms with E-state index in [1.165, 1.54) is 15.4 Å². The second kappa shape index (κ2) is 9.72. The first kappa shape index (κ1) is 23.8. The molecule has 0 bridgehead atoms. The molecule has 3 rings (SSSR count). The first-order valence-electron chi connectivity index (χ1n) is 10.7. The van der Waals surface area contributed by atoms with E-state index in [4.69, 9.17) is 11.6 Å². The van der Waals surface area contributed by atoms with Gasteiger partial charge < -0.3 is 5.32 Å². The third kappa shape index (κ3) is 5.88.